The number of alkyl halides is 3. The third-order valence-corrected chi connectivity index (χ3v) is 3.62. The number of benzene rings is 1. The Balaban J connectivity index is 2.17. The Hall–Kier alpha value is -1.40. The number of halogens is 3. The van der Waals surface area contributed by atoms with Gasteiger partial charge in [0.1, 0.15) is 0 Å². The molecule has 0 saturated carbocycles. The Labute approximate surface area is 112 Å². The van der Waals surface area contributed by atoms with Gasteiger partial charge < -0.3 is 5.11 Å². The minimum absolute atomic E-state index is 0.222. The lowest BCUT2D eigenvalue weighted by Crippen LogP contribution is -2.08. The average Bonchev–Trinajstić information content (AvgIpc) is 2.74. The minimum atomic E-state index is -4.40. The van der Waals surface area contributed by atoms with Gasteiger partial charge in [0.15, 0.2) is 0 Å². The lowest BCUT2D eigenvalue weighted by molar-refractivity contribution is -0.137. The molecule has 0 aliphatic carbocycles. The zero-order valence-electron chi connectivity index (χ0n) is 10.1. The van der Waals surface area contributed by atoms with Gasteiger partial charge in [0, 0.05) is 17.5 Å². The van der Waals surface area contributed by atoms with Crippen molar-refractivity contribution < 1.29 is 18.3 Å². The van der Waals surface area contributed by atoms with Crippen LogP contribution in [0.2, 0.25) is 0 Å². The molecule has 0 spiro atoms. The Morgan fingerprint density at radius 2 is 2.11 bits per heavy atom. The second-order valence-electron chi connectivity index (χ2n) is 4.23. The Kier molecular flexibility index (Phi) is 3.91. The fraction of sp³-hybridized carbons (Fsp3) is 0.308. The fourth-order valence-electron chi connectivity index (χ4n) is 1.70. The van der Waals surface area contributed by atoms with Crippen LogP contribution in [0.1, 0.15) is 27.9 Å². The predicted molar refractivity (Wildman–Crippen MR) is 67.0 cm³/mol. The average molecular weight is 287 g/mol. The molecule has 1 N–H and O–H groups in total. The number of aromatic nitrogens is 1. The first-order valence-electron chi connectivity index (χ1n) is 5.62. The molecule has 0 bridgehead atoms. The van der Waals surface area contributed by atoms with E-state index in [2.05, 4.69) is 4.98 Å². The van der Waals surface area contributed by atoms with E-state index in [1.165, 1.54) is 23.5 Å². The second kappa shape index (κ2) is 5.30. The highest BCUT2D eigenvalue weighted by molar-refractivity contribution is 7.09. The van der Waals surface area contributed by atoms with Crippen molar-refractivity contribution in [3.8, 4) is 0 Å². The van der Waals surface area contributed by atoms with Gasteiger partial charge in [0.05, 0.1) is 16.7 Å². The smallest absolute Gasteiger partial charge is 0.388 e. The second-order valence-corrected chi connectivity index (χ2v) is 5.17. The van der Waals surface area contributed by atoms with Crippen LogP contribution in [-0.2, 0) is 12.6 Å². The van der Waals surface area contributed by atoms with Crippen molar-refractivity contribution in [2.45, 2.75) is 25.6 Å². The number of nitrogens with zero attached hydrogens (tertiary/aromatic N) is 1. The van der Waals surface area contributed by atoms with E-state index >= 15 is 0 Å². The number of aryl methyl sites for hydroxylation is 1. The van der Waals surface area contributed by atoms with Crippen molar-refractivity contribution >= 4 is 11.3 Å². The van der Waals surface area contributed by atoms with Gasteiger partial charge in [-0.3, -0.25) is 0 Å². The van der Waals surface area contributed by atoms with Crippen LogP contribution in [0.4, 0.5) is 13.2 Å². The molecule has 0 fully saturated rings. The van der Waals surface area contributed by atoms with E-state index < -0.39 is 17.8 Å². The van der Waals surface area contributed by atoms with Crippen molar-refractivity contribution in [1.29, 1.82) is 0 Å². The van der Waals surface area contributed by atoms with Crippen LogP contribution in [0.3, 0.4) is 0 Å². The molecule has 1 atom stereocenters. The molecule has 1 unspecified atom stereocenters. The van der Waals surface area contributed by atoms with Gasteiger partial charge in [0.25, 0.3) is 0 Å². The van der Waals surface area contributed by atoms with Crippen LogP contribution in [-0.4, -0.2) is 10.1 Å². The molecular formula is C13H12F3NOS. The van der Waals surface area contributed by atoms with Gasteiger partial charge >= 0.3 is 6.18 Å². The summed E-state index contributed by atoms with van der Waals surface area (Å²) in [5.41, 5.74) is 0.346. The molecule has 102 valence electrons. The van der Waals surface area contributed by atoms with Crippen LogP contribution in [0.25, 0.3) is 0 Å². The lowest BCUT2D eigenvalue weighted by atomic mass is 10.0. The summed E-state index contributed by atoms with van der Waals surface area (Å²) in [6, 6.07) is 4.75. The fourth-order valence-corrected chi connectivity index (χ4v) is 2.51. The molecule has 2 nitrogen and oxygen atoms in total. The number of aliphatic hydroxyl groups excluding tert-OH is 1. The van der Waals surface area contributed by atoms with Crippen LogP contribution in [0.15, 0.2) is 29.6 Å². The Bertz CT molecular complexity index is 565. The van der Waals surface area contributed by atoms with Gasteiger partial charge in [-0.15, -0.1) is 11.3 Å². The van der Waals surface area contributed by atoms with Crippen molar-refractivity contribution in [3.05, 3.63) is 51.5 Å². The quantitative estimate of drug-likeness (QED) is 0.932. The van der Waals surface area contributed by atoms with Crippen molar-refractivity contribution in [2.75, 3.05) is 0 Å². The van der Waals surface area contributed by atoms with Gasteiger partial charge in [-0.2, -0.15) is 13.2 Å². The highest BCUT2D eigenvalue weighted by Crippen LogP contribution is 2.31. The summed E-state index contributed by atoms with van der Waals surface area (Å²) in [5.74, 6) is 0. The highest BCUT2D eigenvalue weighted by atomic mass is 32.1. The predicted octanol–water partition coefficient (Wildman–Crippen LogP) is 3.75. The third kappa shape index (κ3) is 3.54. The number of hydrogen-bond donors (Lipinski definition) is 1. The summed E-state index contributed by atoms with van der Waals surface area (Å²) < 4.78 is 37.7. The first-order chi connectivity index (χ1) is 8.86. The third-order valence-electron chi connectivity index (χ3n) is 2.63. The molecule has 19 heavy (non-hydrogen) atoms. The van der Waals surface area contributed by atoms with Crippen LogP contribution >= 0.6 is 11.3 Å². The summed E-state index contributed by atoms with van der Waals surface area (Å²) in [4.78, 5) is 4.18. The summed E-state index contributed by atoms with van der Waals surface area (Å²) in [7, 11) is 0. The van der Waals surface area contributed by atoms with Gasteiger partial charge in [-0.1, -0.05) is 12.1 Å². The monoisotopic (exact) mass is 287 g/mol. The number of hydrogen-bond acceptors (Lipinski definition) is 3. The molecule has 0 saturated heterocycles. The van der Waals surface area contributed by atoms with E-state index in [9.17, 15) is 18.3 Å². The van der Waals surface area contributed by atoms with Gasteiger partial charge in [0.2, 0.25) is 0 Å². The lowest BCUT2D eigenvalue weighted by Gasteiger charge is -2.12. The number of rotatable bonds is 3. The summed E-state index contributed by atoms with van der Waals surface area (Å²) in [5, 5.41) is 12.5. The molecule has 0 amide bonds. The summed E-state index contributed by atoms with van der Waals surface area (Å²) >= 11 is 1.39. The van der Waals surface area contributed by atoms with Crippen LogP contribution in [0.5, 0.6) is 0 Å². The molecule has 0 radical (unpaired) electrons. The van der Waals surface area contributed by atoms with E-state index in [4.69, 9.17) is 0 Å². The number of thiazole rings is 1. The minimum Gasteiger partial charge on any atom is -0.388 e. The van der Waals surface area contributed by atoms with Crippen molar-refractivity contribution in [1.82, 2.24) is 4.98 Å². The van der Waals surface area contributed by atoms with Crippen LogP contribution < -0.4 is 0 Å². The summed E-state index contributed by atoms with van der Waals surface area (Å²) in [6.07, 6.45) is -5.15. The zero-order valence-corrected chi connectivity index (χ0v) is 10.9. The molecule has 1 heterocycles. The van der Waals surface area contributed by atoms with Crippen molar-refractivity contribution in [3.63, 3.8) is 0 Å². The van der Waals surface area contributed by atoms with E-state index in [-0.39, 0.29) is 12.0 Å². The molecule has 0 aliphatic rings. The molecule has 2 rings (SSSR count). The topological polar surface area (TPSA) is 33.1 Å². The molecule has 1 aromatic heterocycles. The molecular weight excluding hydrogens is 275 g/mol. The largest absolute Gasteiger partial charge is 0.416 e. The van der Waals surface area contributed by atoms with E-state index in [0.717, 1.165) is 17.8 Å². The maximum absolute atomic E-state index is 12.6. The van der Waals surface area contributed by atoms with Crippen molar-refractivity contribution in [2.24, 2.45) is 0 Å². The van der Waals surface area contributed by atoms with E-state index in [0.29, 0.717) is 5.01 Å². The van der Waals surface area contributed by atoms with E-state index in [1.54, 1.807) is 0 Å². The maximum Gasteiger partial charge on any atom is 0.416 e. The highest BCUT2D eigenvalue weighted by Gasteiger charge is 2.30. The maximum atomic E-state index is 12.6. The molecule has 1 aromatic carbocycles. The van der Waals surface area contributed by atoms with Crippen LogP contribution in [0, 0.1) is 6.92 Å². The van der Waals surface area contributed by atoms with Gasteiger partial charge in [-0.05, 0) is 24.6 Å². The molecule has 0 aliphatic heterocycles. The summed E-state index contributed by atoms with van der Waals surface area (Å²) in [6.45, 7) is 1.83. The zero-order chi connectivity index (χ0) is 14.0. The van der Waals surface area contributed by atoms with E-state index in [1.807, 2.05) is 12.3 Å². The van der Waals surface area contributed by atoms with Gasteiger partial charge in [-0.25, -0.2) is 4.98 Å². The Morgan fingerprint density at radius 3 is 2.68 bits per heavy atom. The number of aliphatic hydroxyl groups is 1. The SMILES string of the molecule is Cc1csc(CC(O)c2cccc(C(F)(F)F)c2)n1. The Morgan fingerprint density at radius 1 is 1.37 bits per heavy atom. The normalized spacial score (nSPS) is 13.5. The first kappa shape index (κ1) is 14.0. The first-order valence-corrected chi connectivity index (χ1v) is 6.50. The standard InChI is InChI=1S/C13H12F3NOS/c1-8-7-19-12(17-8)6-11(18)9-3-2-4-10(5-9)13(14,15)16/h2-5,7,11,18H,6H2,1H3. The molecule has 6 heteroatoms. The molecule has 2 aromatic rings.